The average Bonchev–Trinajstić information content (AvgIpc) is 2.88. The minimum Gasteiger partial charge on any atom is -0.390 e. The highest BCUT2D eigenvalue weighted by Gasteiger charge is 2.36. The molecule has 1 aliphatic heterocycles. The molecule has 2 heterocycles. The van der Waals surface area contributed by atoms with Gasteiger partial charge in [-0.1, -0.05) is 0 Å². The first-order valence-electron chi connectivity index (χ1n) is 8.26. The lowest BCUT2D eigenvalue weighted by molar-refractivity contribution is -0.140. The van der Waals surface area contributed by atoms with E-state index < -0.39 is 5.60 Å². The van der Waals surface area contributed by atoms with Crippen molar-refractivity contribution in [3.05, 3.63) is 17.0 Å². The molecule has 1 aromatic rings. The van der Waals surface area contributed by atoms with Crippen LogP contribution in [-0.2, 0) is 17.6 Å². The zero-order valence-electron chi connectivity index (χ0n) is 13.3. The number of fused-ring (bicyclic) bond motifs is 1. The van der Waals surface area contributed by atoms with Gasteiger partial charge in [-0.3, -0.25) is 9.89 Å². The molecule has 1 aromatic heterocycles. The maximum Gasteiger partial charge on any atom is 0.226 e. The number of nitrogens with one attached hydrogen (secondary N) is 1. The summed E-state index contributed by atoms with van der Waals surface area (Å²) in [5.74, 6) is 0.297. The molecule has 1 aliphatic carbocycles. The maximum absolute atomic E-state index is 12.8. The predicted octanol–water partition coefficient (Wildman–Crippen LogP) is 0.525. The summed E-state index contributed by atoms with van der Waals surface area (Å²) in [7, 11) is 0. The number of aromatic amines is 1. The third-order valence-electron chi connectivity index (χ3n) is 5.30. The monoisotopic (exact) mass is 306 g/mol. The fourth-order valence-electron chi connectivity index (χ4n) is 3.77. The number of piperidine rings is 1. The van der Waals surface area contributed by atoms with Crippen LogP contribution in [0.5, 0.6) is 0 Å². The first-order valence-corrected chi connectivity index (χ1v) is 8.26. The zero-order valence-corrected chi connectivity index (χ0v) is 13.3. The summed E-state index contributed by atoms with van der Waals surface area (Å²) < 4.78 is 0. The number of likely N-dealkylation sites (tertiary alicyclic amines) is 1. The Balaban J connectivity index is 1.61. The third kappa shape index (κ3) is 2.90. The van der Waals surface area contributed by atoms with Crippen LogP contribution in [0.3, 0.4) is 0 Å². The molecule has 1 atom stereocenters. The second kappa shape index (κ2) is 6.01. The molecule has 1 amide bonds. The number of H-pyrrole nitrogens is 1. The van der Waals surface area contributed by atoms with Gasteiger partial charge in [0, 0.05) is 24.7 Å². The Hall–Kier alpha value is -1.40. The number of aryl methyl sites for hydroxylation is 2. The minimum atomic E-state index is -0.674. The molecule has 0 aromatic carbocycles. The molecule has 4 N–H and O–H groups in total. The summed E-state index contributed by atoms with van der Waals surface area (Å²) in [5, 5.41) is 17.7. The maximum atomic E-state index is 12.8. The molecule has 3 rings (SSSR count). The SMILES string of the molecule is Cc1[nH]nc2c1CC(C(=O)N1CCC(O)(CCN)CC1)CC2. The van der Waals surface area contributed by atoms with Gasteiger partial charge in [0.25, 0.3) is 0 Å². The standard InChI is InChI=1S/C16H26N4O2/c1-11-13-10-12(2-3-14(13)19-18-11)15(21)20-8-5-16(22,4-7-17)6-9-20/h12,22H,2-10,17H2,1H3,(H,18,19). The number of rotatable bonds is 3. The van der Waals surface area contributed by atoms with E-state index in [1.165, 1.54) is 5.56 Å². The van der Waals surface area contributed by atoms with E-state index in [9.17, 15) is 9.90 Å². The quantitative estimate of drug-likeness (QED) is 0.759. The predicted molar refractivity (Wildman–Crippen MR) is 83.3 cm³/mol. The smallest absolute Gasteiger partial charge is 0.226 e. The van der Waals surface area contributed by atoms with Gasteiger partial charge in [0.15, 0.2) is 0 Å². The molecule has 0 saturated carbocycles. The first kappa shape index (κ1) is 15.5. The highest BCUT2D eigenvalue weighted by molar-refractivity contribution is 5.79. The van der Waals surface area contributed by atoms with E-state index in [1.807, 2.05) is 11.8 Å². The van der Waals surface area contributed by atoms with Crippen molar-refractivity contribution in [1.82, 2.24) is 15.1 Å². The Morgan fingerprint density at radius 3 is 2.91 bits per heavy atom. The van der Waals surface area contributed by atoms with Gasteiger partial charge >= 0.3 is 0 Å². The Kier molecular flexibility index (Phi) is 4.23. The number of nitrogens with two attached hydrogens (primary N) is 1. The second-order valence-corrected chi connectivity index (χ2v) is 6.80. The molecule has 122 valence electrons. The van der Waals surface area contributed by atoms with Gasteiger partial charge in [-0.05, 0) is 57.6 Å². The number of hydrogen-bond donors (Lipinski definition) is 3. The van der Waals surface area contributed by atoms with Gasteiger partial charge in [0.1, 0.15) is 0 Å². The van der Waals surface area contributed by atoms with E-state index in [4.69, 9.17) is 5.73 Å². The highest BCUT2D eigenvalue weighted by Crippen LogP contribution is 2.30. The zero-order chi connectivity index (χ0) is 15.7. The molecular weight excluding hydrogens is 280 g/mol. The molecule has 0 bridgehead atoms. The van der Waals surface area contributed by atoms with Gasteiger partial charge in [0.2, 0.25) is 5.91 Å². The Labute approximate surface area is 131 Å². The van der Waals surface area contributed by atoms with Crippen LogP contribution in [-0.4, -0.2) is 51.3 Å². The summed E-state index contributed by atoms with van der Waals surface area (Å²) in [6.45, 7) is 3.80. The van der Waals surface area contributed by atoms with E-state index in [-0.39, 0.29) is 11.8 Å². The molecule has 1 unspecified atom stereocenters. The fourth-order valence-corrected chi connectivity index (χ4v) is 3.77. The molecule has 0 radical (unpaired) electrons. The van der Waals surface area contributed by atoms with Crippen LogP contribution in [0.1, 0.15) is 42.6 Å². The van der Waals surface area contributed by atoms with Crippen molar-refractivity contribution in [1.29, 1.82) is 0 Å². The topological polar surface area (TPSA) is 95.2 Å². The molecule has 6 heteroatoms. The van der Waals surface area contributed by atoms with E-state index >= 15 is 0 Å². The van der Waals surface area contributed by atoms with Crippen LogP contribution in [0.25, 0.3) is 0 Å². The van der Waals surface area contributed by atoms with Crippen molar-refractivity contribution in [3.8, 4) is 0 Å². The normalized spacial score (nSPS) is 24.1. The summed E-state index contributed by atoms with van der Waals surface area (Å²) in [4.78, 5) is 14.7. The van der Waals surface area contributed by atoms with Crippen LogP contribution in [0.2, 0.25) is 0 Å². The number of nitrogens with zero attached hydrogens (tertiary/aromatic N) is 2. The van der Waals surface area contributed by atoms with Crippen molar-refractivity contribution in [2.45, 2.75) is 51.0 Å². The van der Waals surface area contributed by atoms with Crippen LogP contribution < -0.4 is 5.73 Å². The summed E-state index contributed by atoms with van der Waals surface area (Å²) in [6, 6.07) is 0. The third-order valence-corrected chi connectivity index (χ3v) is 5.30. The molecule has 22 heavy (non-hydrogen) atoms. The fraction of sp³-hybridized carbons (Fsp3) is 0.750. The lowest BCUT2D eigenvalue weighted by Gasteiger charge is -2.39. The summed E-state index contributed by atoms with van der Waals surface area (Å²) in [5.41, 5.74) is 8.31. The van der Waals surface area contributed by atoms with E-state index in [2.05, 4.69) is 10.2 Å². The van der Waals surface area contributed by atoms with Crippen molar-refractivity contribution in [2.24, 2.45) is 11.7 Å². The Morgan fingerprint density at radius 1 is 1.50 bits per heavy atom. The number of aromatic nitrogens is 2. The molecule has 1 saturated heterocycles. The van der Waals surface area contributed by atoms with Crippen molar-refractivity contribution < 1.29 is 9.90 Å². The largest absolute Gasteiger partial charge is 0.390 e. The van der Waals surface area contributed by atoms with Crippen LogP contribution >= 0.6 is 0 Å². The van der Waals surface area contributed by atoms with Crippen LogP contribution in [0.4, 0.5) is 0 Å². The summed E-state index contributed by atoms with van der Waals surface area (Å²) >= 11 is 0. The Morgan fingerprint density at radius 2 is 2.23 bits per heavy atom. The van der Waals surface area contributed by atoms with Crippen molar-refractivity contribution >= 4 is 5.91 Å². The van der Waals surface area contributed by atoms with E-state index in [0.29, 0.717) is 38.9 Å². The Bertz CT molecular complexity index is 546. The highest BCUT2D eigenvalue weighted by atomic mass is 16.3. The molecule has 2 aliphatic rings. The van der Waals surface area contributed by atoms with Gasteiger partial charge in [-0.2, -0.15) is 5.10 Å². The number of hydrogen-bond acceptors (Lipinski definition) is 4. The molecular formula is C16H26N4O2. The van der Waals surface area contributed by atoms with E-state index in [1.54, 1.807) is 0 Å². The summed E-state index contributed by atoms with van der Waals surface area (Å²) in [6.07, 6.45) is 4.44. The van der Waals surface area contributed by atoms with Gasteiger partial charge < -0.3 is 15.7 Å². The number of aliphatic hydroxyl groups is 1. The van der Waals surface area contributed by atoms with Gasteiger partial charge in [-0.15, -0.1) is 0 Å². The number of carbonyl (C=O) groups excluding carboxylic acids is 1. The van der Waals surface area contributed by atoms with E-state index in [0.717, 1.165) is 30.7 Å². The van der Waals surface area contributed by atoms with Crippen molar-refractivity contribution in [2.75, 3.05) is 19.6 Å². The van der Waals surface area contributed by atoms with Crippen LogP contribution in [0.15, 0.2) is 0 Å². The van der Waals surface area contributed by atoms with Gasteiger partial charge in [-0.25, -0.2) is 0 Å². The van der Waals surface area contributed by atoms with Crippen molar-refractivity contribution in [3.63, 3.8) is 0 Å². The molecule has 0 spiro atoms. The lowest BCUT2D eigenvalue weighted by Crippen LogP contribution is -2.49. The lowest BCUT2D eigenvalue weighted by atomic mass is 9.84. The average molecular weight is 306 g/mol. The van der Waals surface area contributed by atoms with Crippen LogP contribution in [0, 0.1) is 12.8 Å². The molecule has 1 fully saturated rings. The minimum absolute atomic E-state index is 0.0597. The second-order valence-electron chi connectivity index (χ2n) is 6.80. The number of amides is 1. The molecule has 6 nitrogen and oxygen atoms in total. The first-order chi connectivity index (χ1) is 10.5. The number of carbonyl (C=O) groups is 1. The van der Waals surface area contributed by atoms with Gasteiger partial charge in [0.05, 0.1) is 11.3 Å².